The van der Waals surface area contributed by atoms with Gasteiger partial charge in [-0.25, -0.2) is 19.2 Å². The molecule has 1 fully saturated rings. The third kappa shape index (κ3) is 16.3. The average molecular weight is 501 g/mol. The summed E-state index contributed by atoms with van der Waals surface area (Å²) >= 11 is 6.11. The fraction of sp³-hybridized carbons (Fsp3) is 0.364. The summed E-state index contributed by atoms with van der Waals surface area (Å²) in [6, 6.07) is 5.95. The molecule has 0 unspecified atom stereocenters. The molecule has 0 saturated carbocycles. The summed E-state index contributed by atoms with van der Waals surface area (Å²) in [7, 11) is 0. The molecule has 0 spiro atoms. The number of benzene rings is 1. The Bertz CT molecular complexity index is 821. The lowest BCUT2D eigenvalue weighted by atomic mass is 10.1. The van der Waals surface area contributed by atoms with E-state index in [0.717, 1.165) is 37.0 Å². The van der Waals surface area contributed by atoms with Gasteiger partial charge in [-0.15, -0.1) is 0 Å². The van der Waals surface area contributed by atoms with E-state index in [-0.39, 0.29) is 0 Å². The molecule has 0 amide bonds. The van der Waals surface area contributed by atoms with Crippen LogP contribution in [-0.4, -0.2) is 75.4 Å². The molecule has 1 aromatic carbocycles. The first-order valence-electron chi connectivity index (χ1n) is 10.1. The highest BCUT2D eigenvalue weighted by Gasteiger charge is 2.21. The number of aliphatic carboxylic acids is 4. The molecule has 0 radical (unpaired) electrons. The lowest BCUT2D eigenvalue weighted by molar-refractivity contribution is -0.134. The van der Waals surface area contributed by atoms with Crippen LogP contribution in [0.2, 0.25) is 5.02 Å². The highest BCUT2D eigenvalue weighted by Crippen LogP contribution is 2.24. The molecule has 1 aliphatic heterocycles. The average Bonchev–Trinajstić information content (AvgIpc) is 3.19. The molecule has 12 heteroatoms. The number of hydrogen-bond acceptors (Lipinski definition) is 7. The van der Waals surface area contributed by atoms with Crippen molar-refractivity contribution in [2.45, 2.75) is 19.9 Å². The minimum atomic E-state index is -1.26. The number of hydrogen-bond donors (Lipinski definition) is 5. The topological polar surface area (TPSA) is 188 Å². The van der Waals surface area contributed by atoms with Crippen molar-refractivity contribution in [2.75, 3.05) is 26.2 Å². The van der Waals surface area contributed by atoms with Crippen molar-refractivity contribution in [1.29, 1.82) is 0 Å². The Morgan fingerprint density at radius 3 is 1.88 bits per heavy atom. The molecule has 0 bridgehead atoms. The summed E-state index contributed by atoms with van der Waals surface area (Å²) in [5, 5.41) is 32.0. The van der Waals surface area contributed by atoms with Gasteiger partial charge in [0.05, 0.1) is 6.61 Å². The lowest BCUT2D eigenvalue weighted by Gasteiger charge is -2.16. The van der Waals surface area contributed by atoms with Crippen molar-refractivity contribution in [3.63, 3.8) is 0 Å². The molecule has 1 aromatic rings. The monoisotopic (exact) mass is 500 g/mol. The molecular formula is C22H29ClN2O9. The molecule has 0 aliphatic carbocycles. The van der Waals surface area contributed by atoms with Crippen molar-refractivity contribution in [3.05, 3.63) is 53.1 Å². The normalized spacial score (nSPS) is 15.2. The summed E-state index contributed by atoms with van der Waals surface area (Å²) in [6.45, 7) is 6.57. The first kappa shape index (κ1) is 30.6. The molecule has 1 atom stereocenters. The second kappa shape index (κ2) is 17.1. The Labute approximate surface area is 201 Å². The van der Waals surface area contributed by atoms with Gasteiger partial charge in [0.15, 0.2) is 0 Å². The molecule has 11 nitrogen and oxygen atoms in total. The minimum absolute atomic E-state index is 0.558. The Morgan fingerprint density at radius 2 is 1.50 bits per heavy atom. The van der Waals surface area contributed by atoms with Crippen LogP contribution in [0, 0.1) is 5.92 Å². The number of rotatable bonds is 9. The molecule has 0 aromatic heterocycles. The van der Waals surface area contributed by atoms with E-state index in [9.17, 15) is 19.2 Å². The van der Waals surface area contributed by atoms with Gasteiger partial charge in [0.2, 0.25) is 0 Å². The number of ether oxygens (including phenoxy) is 1. The van der Waals surface area contributed by atoms with Crippen LogP contribution in [0.1, 0.15) is 18.9 Å². The Morgan fingerprint density at radius 1 is 1.00 bits per heavy atom. The van der Waals surface area contributed by atoms with Crippen LogP contribution in [0.25, 0.3) is 0 Å². The third-order valence-electron chi connectivity index (χ3n) is 4.09. The number of likely N-dealkylation sites (tertiary alicyclic amines) is 1. The highest BCUT2D eigenvalue weighted by molar-refractivity contribution is 6.30. The predicted octanol–water partition coefficient (Wildman–Crippen LogP) is 1.94. The van der Waals surface area contributed by atoms with E-state index in [1.54, 1.807) is 0 Å². The van der Waals surface area contributed by atoms with Gasteiger partial charge < -0.3 is 30.9 Å². The van der Waals surface area contributed by atoms with Gasteiger partial charge in [-0.1, -0.05) is 11.6 Å². The third-order valence-corrected chi connectivity index (χ3v) is 4.31. The van der Waals surface area contributed by atoms with E-state index in [1.165, 1.54) is 12.0 Å². The number of carbonyl (C=O) groups is 4. The molecule has 2 rings (SSSR count). The van der Waals surface area contributed by atoms with Crippen LogP contribution < -0.4 is 10.5 Å². The largest absolute Gasteiger partial charge is 0.494 e. The molecule has 188 valence electrons. The van der Waals surface area contributed by atoms with Crippen LogP contribution in [0.3, 0.4) is 0 Å². The van der Waals surface area contributed by atoms with Crippen molar-refractivity contribution < 1.29 is 44.3 Å². The van der Waals surface area contributed by atoms with Crippen LogP contribution in [0.15, 0.2) is 42.5 Å². The first-order chi connectivity index (χ1) is 16.0. The zero-order valence-electron chi connectivity index (χ0n) is 18.6. The summed E-state index contributed by atoms with van der Waals surface area (Å²) in [4.78, 5) is 40.6. The second-order valence-electron chi connectivity index (χ2n) is 6.87. The van der Waals surface area contributed by atoms with Gasteiger partial charge >= 0.3 is 23.9 Å². The van der Waals surface area contributed by atoms with Gasteiger partial charge in [0.1, 0.15) is 5.75 Å². The van der Waals surface area contributed by atoms with Crippen molar-refractivity contribution in [3.8, 4) is 5.75 Å². The van der Waals surface area contributed by atoms with Crippen LogP contribution in [0.4, 0.5) is 0 Å². The van der Waals surface area contributed by atoms with Crippen LogP contribution in [-0.2, 0) is 25.7 Å². The van der Waals surface area contributed by atoms with E-state index in [4.69, 9.17) is 42.5 Å². The highest BCUT2D eigenvalue weighted by atomic mass is 35.5. The van der Waals surface area contributed by atoms with Gasteiger partial charge in [-0.2, -0.15) is 0 Å². The summed E-state index contributed by atoms with van der Waals surface area (Å²) < 4.78 is 5.51. The van der Waals surface area contributed by atoms with Crippen LogP contribution in [0.5, 0.6) is 5.75 Å². The summed E-state index contributed by atoms with van der Waals surface area (Å²) in [5.41, 5.74) is 6.92. The van der Waals surface area contributed by atoms with Gasteiger partial charge in [-0.3, -0.25) is 4.90 Å². The van der Waals surface area contributed by atoms with Gasteiger partial charge in [-0.05, 0) is 56.1 Å². The molecule has 6 N–H and O–H groups in total. The fourth-order valence-corrected chi connectivity index (χ4v) is 3.00. The molecule has 34 heavy (non-hydrogen) atoms. The number of carboxylic acid groups (broad SMARTS) is 4. The maximum Gasteiger partial charge on any atom is 0.328 e. The number of nitrogens with zero attached hydrogens (tertiary/aromatic N) is 1. The van der Waals surface area contributed by atoms with Crippen LogP contribution >= 0.6 is 11.6 Å². The zero-order valence-corrected chi connectivity index (χ0v) is 19.3. The maximum absolute atomic E-state index is 9.55. The SMILES string of the molecule is CCOc1cc(Cl)cc(CN2CC[C@@H](CN)C2)c1.O=C(O)/C=C/C(=O)O.O=C(O)/C=C/C(=O)O. The number of halogens is 1. The van der Waals surface area contributed by atoms with E-state index in [1.807, 2.05) is 19.1 Å². The predicted molar refractivity (Wildman–Crippen MR) is 124 cm³/mol. The van der Waals surface area contributed by atoms with Gasteiger partial charge in [0.25, 0.3) is 0 Å². The number of carboxylic acids is 4. The molecular weight excluding hydrogens is 472 g/mol. The Hall–Kier alpha value is -3.41. The first-order valence-corrected chi connectivity index (χ1v) is 10.5. The lowest BCUT2D eigenvalue weighted by Crippen LogP contribution is -2.22. The molecule has 1 heterocycles. The summed E-state index contributed by atoms with van der Waals surface area (Å²) in [5.74, 6) is -3.52. The maximum atomic E-state index is 9.55. The summed E-state index contributed by atoms with van der Waals surface area (Å²) in [6.07, 6.45) is 3.44. The minimum Gasteiger partial charge on any atom is -0.494 e. The standard InChI is InChI=1S/C14H21ClN2O.2C4H4O4/c1-2-18-14-6-12(5-13(15)7-14)10-17-4-3-11(8-16)9-17;2*5-3(6)1-2-4(7)8/h5-7,11H,2-4,8-10,16H2,1H3;2*1-2H,(H,5,6)(H,7,8)/b;2*2-1+/t11-;;/m0../s1. The van der Waals surface area contributed by atoms with E-state index in [2.05, 4.69) is 11.0 Å². The molecule has 1 saturated heterocycles. The van der Waals surface area contributed by atoms with Crippen molar-refractivity contribution in [2.24, 2.45) is 11.7 Å². The second-order valence-corrected chi connectivity index (χ2v) is 7.31. The van der Waals surface area contributed by atoms with Crippen molar-refractivity contribution in [1.82, 2.24) is 4.90 Å². The zero-order chi connectivity index (χ0) is 26.1. The smallest absolute Gasteiger partial charge is 0.328 e. The quantitative estimate of drug-likeness (QED) is 0.311. The number of nitrogens with two attached hydrogens (primary N) is 1. The Balaban J connectivity index is 0.000000570. The van der Waals surface area contributed by atoms with E-state index >= 15 is 0 Å². The Kier molecular flexibility index (Phi) is 15.4. The van der Waals surface area contributed by atoms with E-state index < -0.39 is 23.9 Å². The van der Waals surface area contributed by atoms with Gasteiger partial charge in [0, 0.05) is 42.4 Å². The fourth-order valence-electron chi connectivity index (χ4n) is 2.75. The molecule has 1 aliphatic rings. The van der Waals surface area contributed by atoms with E-state index in [0.29, 0.717) is 36.8 Å². The van der Waals surface area contributed by atoms with Crippen molar-refractivity contribution >= 4 is 35.5 Å².